The second-order valence-electron chi connectivity index (χ2n) is 13.1. The van der Waals surface area contributed by atoms with Crippen molar-refractivity contribution in [3.05, 3.63) is 108 Å². The predicted molar refractivity (Wildman–Crippen MR) is 209 cm³/mol. The van der Waals surface area contributed by atoms with Gasteiger partial charge >= 0.3 is 35.9 Å². The molecule has 0 unspecified atom stereocenters. The van der Waals surface area contributed by atoms with Crippen LogP contribution in [0.2, 0.25) is 0 Å². The Balaban J connectivity index is 0.000000150. The molecule has 5 N–H and O–H groups in total. The number of rotatable bonds is 8. The van der Waals surface area contributed by atoms with Crippen LogP contribution in [0.5, 0.6) is 34.5 Å². The zero-order valence-electron chi connectivity index (χ0n) is 32.1. The van der Waals surface area contributed by atoms with Crippen LogP contribution in [-0.2, 0) is 50.7 Å². The number of furan rings is 2. The first-order chi connectivity index (χ1) is 28.3. The number of carboxylic acid groups (broad SMARTS) is 1. The van der Waals surface area contributed by atoms with E-state index < -0.39 is 5.97 Å². The van der Waals surface area contributed by atoms with Crippen molar-refractivity contribution >= 4 is 52.1 Å². The van der Waals surface area contributed by atoms with Gasteiger partial charge in [0.25, 0.3) is 0 Å². The van der Waals surface area contributed by atoms with Crippen molar-refractivity contribution in [2.24, 2.45) is 0 Å². The van der Waals surface area contributed by atoms with Gasteiger partial charge in [-0.1, -0.05) is 6.07 Å². The number of esters is 3. The highest BCUT2D eigenvalue weighted by Crippen LogP contribution is 2.38. The minimum absolute atomic E-state index is 0.0352. The molecular formula is C43H41O16+. The Kier molecular flexibility index (Phi) is 14.2. The number of ether oxygens (including phenoxy) is 4. The third-order valence-corrected chi connectivity index (χ3v) is 9.07. The van der Waals surface area contributed by atoms with Crippen molar-refractivity contribution in [2.75, 3.05) is 27.9 Å². The molecule has 0 saturated carbocycles. The third kappa shape index (κ3) is 11.3. The maximum Gasteiger partial charge on any atom is 0.359 e. The quantitative estimate of drug-likeness (QED) is 0.0473. The van der Waals surface area contributed by atoms with Gasteiger partial charge in [-0.25, -0.2) is 4.42 Å². The molecule has 0 amide bonds. The first-order valence-corrected chi connectivity index (χ1v) is 17.9. The highest BCUT2D eigenvalue weighted by molar-refractivity contribution is 5.87. The number of aldehydes is 1. The molecule has 16 nitrogen and oxygen atoms in total. The largest absolute Gasteiger partial charge is 0.508 e. The normalized spacial score (nSPS) is 14.2. The summed E-state index contributed by atoms with van der Waals surface area (Å²) in [6.07, 6.45) is 5.16. The second kappa shape index (κ2) is 19.6. The summed E-state index contributed by atoms with van der Waals surface area (Å²) in [6, 6.07) is 19.2. The fourth-order valence-corrected chi connectivity index (χ4v) is 6.11. The van der Waals surface area contributed by atoms with Crippen LogP contribution in [0.3, 0.4) is 0 Å². The molecule has 4 aromatic carbocycles. The maximum absolute atomic E-state index is 11.1. The number of aromatic hydroxyl groups is 4. The number of fused-ring (bicyclic) bond motifs is 4. The Morgan fingerprint density at radius 1 is 0.644 bits per heavy atom. The molecule has 0 spiro atoms. The highest BCUT2D eigenvalue weighted by Gasteiger charge is 2.32. The molecule has 2 aromatic heterocycles. The Morgan fingerprint density at radius 3 is 1.73 bits per heavy atom. The van der Waals surface area contributed by atoms with E-state index in [1.54, 1.807) is 54.8 Å². The lowest BCUT2D eigenvalue weighted by molar-refractivity contribution is -0.356. The van der Waals surface area contributed by atoms with Crippen LogP contribution >= 0.6 is 0 Å². The standard InChI is InChI=1S/C11H12O4.2C11H10O4.C10H8O4/c3*1-14-11(13)4-7-6-15-10-5-8(12)2-3-9(7)10;11-7-1-2-8-6(3-10(12)13)5-14-9(8)4-7/h2-3,5,7,12H,4,6H2,1H3;2-3,5-6,12H,4H2,1H3;2-3,5-7H,4H2,1H3;1-2,4-5,11H,3H2,(H,12,13)/p+1/t7-;;7-;/m0.1./s1. The number of hydrogen-bond donors (Lipinski definition) is 5. The Hall–Kier alpha value is -7.49. The molecule has 6 aromatic rings. The van der Waals surface area contributed by atoms with Gasteiger partial charge in [-0.3, -0.25) is 19.2 Å². The molecule has 59 heavy (non-hydrogen) atoms. The molecular weight excluding hydrogens is 772 g/mol. The van der Waals surface area contributed by atoms with Gasteiger partial charge in [0.05, 0.1) is 77.8 Å². The molecule has 0 fully saturated rings. The van der Waals surface area contributed by atoms with Gasteiger partial charge in [-0.15, -0.1) is 0 Å². The van der Waals surface area contributed by atoms with Crippen molar-refractivity contribution in [2.45, 2.75) is 37.5 Å². The van der Waals surface area contributed by atoms with Crippen LogP contribution in [0.1, 0.15) is 46.9 Å². The number of carbonyl (C=O) groups excluding carboxylic acids is 4. The molecule has 8 rings (SSSR count). The van der Waals surface area contributed by atoms with E-state index in [9.17, 15) is 34.5 Å². The van der Waals surface area contributed by atoms with E-state index in [2.05, 4.69) is 14.2 Å². The van der Waals surface area contributed by atoms with E-state index in [0.29, 0.717) is 41.3 Å². The average Bonchev–Trinajstić information content (AvgIpc) is 4.01. The van der Waals surface area contributed by atoms with Crippen LogP contribution in [0.25, 0.3) is 21.9 Å². The van der Waals surface area contributed by atoms with Gasteiger partial charge < -0.3 is 53.3 Å². The lowest BCUT2D eigenvalue weighted by Gasteiger charge is -2.06. The second-order valence-corrected chi connectivity index (χ2v) is 13.1. The lowest BCUT2D eigenvalue weighted by Crippen LogP contribution is -2.09. The van der Waals surface area contributed by atoms with Crippen LogP contribution in [-0.4, -0.2) is 83.6 Å². The molecule has 0 bridgehead atoms. The summed E-state index contributed by atoms with van der Waals surface area (Å²) in [5, 5.41) is 47.0. The lowest BCUT2D eigenvalue weighted by atomic mass is 9.98. The van der Waals surface area contributed by atoms with E-state index in [1.807, 2.05) is 0 Å². The Labute approximate surface area is 336 Å². The minimum atomic E-state index is -0.902. The fraction of sp³-hybridized carbons (Fsp3) is 0.233. The molecule has 16 heteroatoms. The zero-order valence-corrected chi connectivity index (χ0v) is 32.1. The summed E-state index contributed by atoms with van der Waals surface area (Å²) in [4.78, 5) is 43.8. The van der Waals surface area contributed by atoms with Crippen LogP contribution in [0.4, 0.5) is 0 Å². The van der Waals surface area contributed by atoms with Gasteiger partial charge in [0.2, 0.25) is 0 Å². The number of carboxylic acids is 1. The van der Waals surface area contributed by atoms with Crippen LogP contribution in [0, 0.1) is 0 Å². The summed E-state index contributed by atoms with van der Waals surface area (Å²) in [5.74, 6) is 0.0364. The Morgan fingerprint density at radius 2 is 1.15 bits per heavy atom. The average molecular weight is 814 g/mol. The molecule has 0 radical (unpaired) electrons. The SMILES string of the molecule is COC(=O)C[C@@H]1C=[O+]c2cc(O)ccc21.COC(=O)C[C@H]1COc2cc(O)ccc21.COC(=O)Cc1coc2cc(O)ccc12.O=C(O)Cc1coc2cc(O)ccc12. The maximum atomic E-state index is 11.1. The zero-order chi connectivity index (χ0) is 42.6. The van der Waals surface area contributed by atoms with Crippen molar-refractivity contribution in [3.63, 3.8) is 0 Å². The third-order valence-electron chi connectivity index (χ3n) is 9.07. The summed E-state index contributed by atoms with van der Waals surface area (Å²) in [6.45, 7) is 0.466. The smallest absolute Gasteiger partial charge is 0.359 e. The fourth-order valence-electron chi connectivity index (χ4n) is 6.11. The Bertz CT molecular complexity index is 2470. The highest BCUT2D eigenvalue weighted by atomic mass is 16.5. The van der Waals surface area contributed by atoms with Crippen molar-refractivity contribution < 1.29 is 76.9 Å². The minimum Gasteiger partial charge on any atom is -0.508 e. The van der Waals surface area contributed by atoms with E-state index in [1.165, 1.54) is 58.1 Å². The summed E-state index contributed by atoms with van der Waals surface area (Å²) in [5.41, 5.74) is 4.30. The van der Waals surface area contributed by atoms with Gasteiger partial charge in [-0.05, 0) is 42.5 Å². The van der Waals surface area contributed by atoms with Crippen molar-refractivity contribution in [1.82, 2.24) is 0 Å². The summed E-state index contributed by atoms with van der Waals surface area (Å²) >= 11 is 0. The number of benzene rings is 4. The van der Waals surface area contributed by atoms with Crippen LogP contribution < -0.4 is 4.74 Å². The molecule has 0 aliphatic carbocycles. The topological polar surface area (TPSA) is 244 Å². The van der Waals surface area contributed by atoms with E-state index in [-0.39, 0.29) is 72.0 Å². The van der Waals surface area contributed by atoms with Crippen molar-refractivity contribution in [3.8, 4) is 34.5 Å². The molecule has 2 aliphatic heterocycles. The number of aliphatic carboxylic acids is 1. The number of hydrogen-bond acceptors (Lipinski definition) is 14. The van der Waals surface area contributed by atoms with Crippen molar-refractivity contribution in [1.29, 1.82) is 0 Å². The molecule has 2 aliphatic rings. The number of carbonyl (C=O) groups is 4. The van der Waals surface area contributed by atoms with Gasteiger partial charge in [-0.2, -0.15) is 0 Å². The molecule has 4 heterocycles. The van der Waals surface area contributed by atoms with Gasteiger partial charge in [0.1, 0.15) is 45.8 Å². The molecule has 308 valence electrons. The van der Waals surface area contributed by atoms with E-state index in [0.717, 1.165) is 27.5 Å². The molecule has 0 saturated heterocycles. The molecule has 2 atom stereocenters. The monoisotopic (exact) mass is 813 g/mol. The first kappa shape index (κ1) is 42.6. The van der Waals surface area contributed by atoms with Crippen LogP contribution in [0.15, 0.2) is 94.2 Å². The van der Waals surface area contributed by atoms with E-state index in [4.69, 9.17) is 28.2 Å². The number of phenolic OH excluding ortho intramolecular Hbond substituents is 4. The number of phenols is 4. The van der Waals surface area contributed by atoms with E-state index >= 15 is 0 Å². The van der Waals surface area contributed by atoms with Gasteiger partial charge in [0.15, 0.2) is 0 Å². The predicted octanol–water partition coefficient (Wildman–Crippen LogP) is 6.55. The summed E-state index contributed by atoms with van der Waals surface area (Å²) in [7, 11) is 4.07. The van der Waals surface area contributed by atoms with Gasteiger partial charge in [0, 0.05) is 51.6 Å². The first-order valence-electron chi connectivity index (χ1n) is 17.9. The number of methoxy groups -OCH3 is 3. The summed E-state index contributed by atoms with van der Waals surface area (Å²) < 4.78 is 34.7.